The second kappa shape index (κ2) is 7.76. The Bertz CT molecular complexity index is 1080. The summed E-state index contributed by atoms with van der Waals surface area (Å²) in [6.45, 7) is 0. The number of nitrogens with zero attached hydrogens (tertiary/aromatic N) is 4. The van der Waals surface area contributed by atoms with Gasteiger partial charge in [0.05, 0.1) is 11.9 Å². The molecule has 0 bridgehead atoms. The van der Waals surface area contributed by atoms with Crippen LogP contribution in [-0.4, -0.2) is 19.7 Å². The van der Waals surface area contributed by atoms with Gasteiger partial charge in [-0.15, -0.1) is 10.2 Å². The Morgan fingerprint density at radius 1 is 1.00 bits per heavy atom. The average molecular weight is 417 g/mol. The molecule has 0 N–H and O–H groups in total. The van der Waals surface area contributed by atoms with Gasteiger partial charge in [-0.3, -0.25) is 0 Å². The van der Waals surface area contributed by atoms with Gasteiger partial charge >= 0.3 is 0 Å². The zero-order valence-electron chi connectivity index (χ0n) is 14.3. The Balaban J connectivity index is 1.47. The Morgan fingerprint density at radius 2 is 1.81 bits per heavy atom. The predicted molar refractivity (Wildman–Crippen MR) is 108 cm³/mol. The molecule has 0 aliphatic rings. The van der Waals surface area contributed by atoms with Gasteiger partial charge in [-0.05, 0) is 36.4 Å². The Hall–Kier alpha value is -2.28. The number of halogens is 2. The molecular weight excluding hydrogens is 403 g/mol. The van der Waals surface area contributed by atoms with Crippen molar-refractivity contribution in [2.75, 3.05) is 0 Å². The summed E-state index contributed by atoms with van der Waals surface area (Å²) in [5, 5.41) is 10.7. The quantitative estimate of drug-likeness (QED) is 0.388. The number of benzene rings is 2. The third kappa shape index (κ3) is 4.03. The molecule has 2 aromatic heterocycles. The second-order valence-corrected chi connectivity index (χ2v) is 7.60. The molecule has 2 heterocycles. The van der Waals surface area contributed by atoms with Gasteiger partial charge in [-0.2, -0.15) is 0 Å². The van der Waals surface area contributed by atoms with Gasteiger partial charge < -0.3 is 8.98 Å². The van der Waals surface area contributed by atoms with E-state index in [4.69, 9.17) is 27.6 Å². The van der Waals surface area contributed by atoms with Crippen molar-refractivity contribution in [1.82, 2.24) is 19.7 Å². The third-order valence-corrected chi connectivity index (χ3v) is 5.42. The van der Waals surface area contributed by atoms with Crippen LogP contribution in [0, 0.1) is 0 Å². The molecule has 0 aliphatic heterocycles. The molecule has 0 unspecified atom stereocenters. The van der Waals surface area contributed by atoms with E-state index in [0.29, 0.717) is 27.4 Å². The van der Waals surface area contributed by atoms with Crippen LogP contribution in [0.5, 0.6) is 0 Å². The van der Waals surface area contributed by atoms with E-state index in [-0.39, 0.29) is 0 Å². The SMILES string of the molecule is Cn1c(SCc2ncc(-c3cccc(Cl)c3)o2)nnc1-c1ccc(Cl)cc1. The summed E-state index contributed by atoms with van der Waals surface area (Å²) in [4.78, 5) is 4.34. The summed E-state index contributed by atoms with van der Waals surface area (Å²) in [5.41, 5.74) is 1.86. The largest absolute Gasteiger partial charge is 0.440 e. The maximum absolute atomic E-state index is 6.03. The highest BCUT2D eigenvalue weighted by Crippen LogP contribution is 2.28. The number of thioether (sulfide) groups is 1. The third-order valence-electron chi connectivity index (χ3n) is 3.92. The fraction of sp³-hybridized carbons (Fsp3) is 0.105. The highest BCUT2D eigenvalue weighted by Gasteiger charge is 2.13. The lowest BCUT2D eigenvalue weighted by Crippen LogP contribution is -1.95. The van der Waals surface area contributed by atoms with Gasteiger partial charge in [0, 0.05) is 28.2 Å². The van der Waals surface area contributed by atoms with Gasteiger partial charge in [0.15, 0.2) is 16.7 Å². The zero-order chi connectivity index (χ0) is 18.8. The van der Waals surface area contributed by atoms with Crippen molar-refractivity contribution >= 4 is 35.0 Å². The molecule has 0 radical (unpaired) electrons. The van der Waals surface area contributed by atoms with E-state index in [9.17, 15) is 0 Å². The summed E-state index contributed by atoms with van der Waals surface area (Å²) in [6.07, 6.45) is 1.71. The van der Waals surface area contributed by atoms with E-state index < -0.39 is 0 Å². The Kier molecular flexibility index (Phi) is 5.20. The Labute approximate surface area is 170 Å². The van der Waals surface area contributed by atoms with Crippen molar-refractivity contribution < 1.29 is 4.42 Å². The van der Waals surface area contributed by atoms with E-state index >= 15 is 0 Å². The molecular formula is C19H14Cl2N4OS. The first-order chi connectivity index (χ1) is 13.1. The lowest BCUT2D eigenvalue weighted by molar-refractivity contribution is 0.529. The van der Waals surface area contributed by atoms with E-state index in [2.05, 4.69) is 15.2 Å². The molecule has 2 aromatic carbocycles. The van der Waals surface area contributed by atoms with Crippen LogP contribution >= 0.6 is 35.0 Å². The van der Waals surface area contributed by atoms with Crippen molar-refractivity contribution in [2.45, 2.75) is 10.9 Å². The first-order valence-corrected chi connectivity index (χ1v) is 9.83. The molecule has 0 aliphatic carbocycles. The lowest BCUT2D eigenvalue weighted by Gasteiger charge is -2.03. The molecule has 0 spiro atoms. The van der Waals surface area contributed by atoms with E-state index in [0.717, 1.165) is 22.1 Å². The fourth-order valence-electron chi connectivity index (χ4n) is 2.57. The highest BCUT2D eigenvalue weighted by molar-refractivity contribution is 7.98. The number of rotatable bonds is 5. The minimum Gasteiger partial charge on any atom is -0.440 e. The van der Waals surface area contributed by atoms with Crippen LogP contribution in [0.3, 0.4) is 0 Å². The number of hydrogen-bond acceptors (Lipinski definition) is 5. The smallest absolute Gasteiger partial charge is 0.205 e. The van der Waals surface area contributed by atoms with Crippen molar-refractivity contribution in [3.8, 4) is 22.7 Å². The van der Waals surface area contributed by atoms with Gasteiger partial charge in [0.25, 0.3) is 0 Å². The van der Waals surface area contributed by atoms with Crippen LogP contribution in [0.25, 0.3) is 22.7 Å². The fourth-order valence-corrected chi connectivity index (χ4v) is 3.65. The molecule has 5 nitrogen and oxygen atoms in total. The van der Waals surface area contributed by atoms with Gasteiger partial charge in [-0.25, -0.2) is 4.98 Å². The first-order valence-electron chi connectivity index (χ1n) is 8.09. The topological polar surface area (TPSA) is 56.7 Å². The normalized spacial score (nSPS) is 11.1. The van der Waals surface area contributed by atoms with Crippen LogP contribution in [0.4, 0.5) is 0 Å². The second-order valence-electron chi connectivity index (χ2n) is 5.79. The minimum absolute atomic E-state index is 0.549. The summed E-state index contributed by atoms with van der Waals surface area (Å²) in [7, 11) is 1.93. The van der Waals surface area contributed by atoms with Crippen molar-refractivity contribution in [3.05, 3.63) is 70.7 Å². The van der Waals surface area contributed by atoms with Gasteiger partial charge in [0.2, 0.25) is 5.89 Å². The summed E-state index contributed by atoms with van der Waals surface area (Å²) in [6, 6.07) is 15.0. The molecule has 0 saturated heterocycles. The molecule has 4 rings (SSSR count). The monoisotopic (exact) mass is 416 g/mol. The molecule has 27 heavy (non-hydrogen) atoms. The highest BCUT2D eigenvalue weighted by atomic mass is 35.5. The molecule has 8 heteroatoms. The minimum atomic E-state index is 0.549. The molecule has 0 amide bonds. The van der Waals surface area contributed by atoms with Crippen molar-refractivity contribution in [1.29, 1.82) is 0 Å². The van der Waals surface area contributed by atoms with Crippen molar-refractivity contribution in [3.63, 3.8) is 0 Å². The summed E-state index contributed by atoms with van der Waals surface area (Å²) < 4.78 is 7.77. The van der Waals surface area contributed by atoms with Crippen LogP contribution < -0.4 is 0 Å². The number of aromatic nitrogens is 4. The van der Waals surface area contributed by atoms with E-state index in [1.165, 1.54) is 11.8 Å². The molecule has 0 atom stereocenters. The molecule has 136 valence electrons. The molecule has 4 aromatic rings. The molecule has 0 fully saturated rings. The van der Waals surface area contributed by atoms with Gasteiger partial charge in [-0.1, -0.05) is 47.1 Å². The number of oxazole rings is 1. The number of hydrogen-bond donors (Lipinski definition) is 0. The van der Waals surface area contributed by atoms with Crippen molar-refractivity contribution in [2.24, 2.45) is 7.05 Å². The van der Waals surface area contributed by atoms with Gasteiger partial charge in [0.1, 0.15) is 0 Å². The average Bonchev–Trinajstić information content (AvgIpc) is 3.28. The lowest BCUT2D eigenvalue weighted by atomic mass is 10.2. The predicted octanol–water partition coefficient (Wildman–Crippen LogP) is 5.74. The van der Waals surface area contributed by atoms with Crippen LogP contribution in [-0.2, 0) is 12.8 Å². The van der Waals surface area contributed by atoms with E-state index in [1.54, 1.807) is 6.20 Å². The molecule has 0 saturated carbocycles. The van der Waals surface area contributed by atoms with Crippen LogP contribution in [0.1, 0.15) is 5.89 Å². The van der Waals surface area contributed by atoms with Crippen LogP contribution in [0.15, 0.2) is 64.3 Å². The zero-order valence-corrected chi connectivity index (χ0v) is 16.6. The standard InChI is InChI=1S/C19H14Cl2N4OS/c1-25-18(12-5-7-14(20)8-6-12)23-24-19(25)27-11-17-22-10-16(26-17)13-3-2-4-15(21)9-13/h2-10H,11H2,1H3. The summed E-state index contributed by atoms with van der Waals surface area (Å²) in [5.74, 6) is 2.63. The van der Waals surface area contributed by atoms with E-state index in [1.807, 2.05) is 60.1 Å². The maximum Gasteiger partial charge on any atom is 0.205 e. The van der Waals surface area contributed by atoms with Crippen LogP contribution in [0.2, 0.25) is 10.0 Å². The maximum atomic E-state index is 6.03. The Morgan fingerprint density at radius 3 is 2.59 bits per heavy atom. The first kappa shape index (κ1) is 18.1. The summed E-state index contributed by atoms with van der Waals surface area (Å²) >= 11 is 13.5.